The van der Waals surface area contributed by atoms with Gasteiger partial charge in [-0.1, -0.05) is 0 Å². The van der Waals surface area contributed by atoms with Crippen molar-refractivity contribution in [2.24, 2.45) is 22.2 Å². The molecule has 0 aromatic carbocycles. The molecular weight excluding hydrogens is 250 g/mol. The molecule has 9 N–H and O–H groups in total. The Hall–Kier alpha value is -1.38. The zero-order valence-corrected chi connectivity index (χ0v) is 10.6. The second kappa shape index (κ2) is 4.95. The molecule has 1 amide bonds. The predicted octanol–water partition coefficient (Wildman–Crippen LogP) is -2.88. The number of nitrogens with two attached hydrogens (primary N) is 3. The van der Waals surface area contributed by atoms with Crippen molar-refractivity contribution in [1.82, 2.24) is 5.32 Å². The van der Waals surface area contributed by atoms with Gasteiger partial charge in [0.25, 0.3) is 5.91 Å². The normalized spacial score (nSPS) is 41.4. The fraction of sp³-hybridized carbons (Fsp3) is 0.818. The molecule has 2 aliphatic carbocycles. The summed E-state index contributed by atoms with van der Waals surface area (Å²) < 4.78 is 0. The van der Waals surface area contributed by atoms with Crippen LogP contribution in [-0.4, -0.2) is 51.9 Å². The van der Waals surface area contributed by atoms with Gasteiger partial charge in [0, 0.05) is 18.5 Å². The average molecular weight is 271 g/mol. The van der Waals surface area contributed by atoms with Crippen molar-refractivity contribution < 1.29 is 15.0 Å². The Morgan fingerprint density at radius 1 is 1.32 bits per heavy atom. The quantitative estimate of drug-likeness (QED) is 0.239. The third-order valence-electron chi connectivity index (χ3n) is 3.65. The molecule has 19 heavy (non-hydrogen) atoms. The Balaban J connectivity index is 1.90. The van der Waals surface area contributed by atoms with Gasteiger partial charge in [0.1, 0.15) is 0 Å². The standard InChI is InChI=1S/C11H21N5O3/c12-5-1-6(3-7(17)2-5)15-9(18)11(19)4-8(11)16-10(13)14/h5-8,17,19H,1-4,12H2,(H,15,18)(H4,13,14,16). The van der Waals surface area contributed by atoms with Crippen molar-refractivity contribution in [2.75, 3.05) is 0 Å². The van der Waals surface area contributed by atoms with E-state index in [9.17, 15) is 15.0 Å². The first-order valence-electron chi connectivity index (χ1n) is 6.37. The van der Waals surface area contributed by atoms with Crippen LogP contribution in [0.15, 0.2) is 4.99 Å². The summed E-state index contributed by atoms with van der Waals surface area (Å²) in [5, 5.41) is 22.4. The Kier molecular flexibility index (Phi) is 3.66. The summed E-state index contributed by atoms with van der Waals surface area (Å²) >= 11 is 0. The number of aliphatic hydroxyl groups excluding tert-OH is 1. The van der Waals surface area contributed by atoms with E-state index in [1.165, 1.54) is 0 Å². The summed E-state index contributed by atoms with van der Waals surface area (Å²) in [6.45, 7) is 0. The van der Waals surface area contributed by atoms with Crippen molar-refractivity contribution in [3.8, 4) is 0 Å². The van der Waals surface area contributed by atoms with Crippen LogP contribution in [0.2, 0.25) is 0 Å². The van der Waals surface area contributed by atoms with E-state index in [2.05, 4.69) is 10.3 Å². The number of guanidine groups is 1. The van der Waals surface area contributed by atoms with Crippen molar-refractivity contribution in [3.63, 3.8) is 0 Å². The zero-order chi connectivity index (χ0) is 14.2. The topological polar surface area (TPSA) is 160 Å². The second-order valence-corrected chi connectivity index (χ2v) is 5.49. The van der Waals surface area contributed by atoms with Crippen LogP contribution < -0.4 is 22.5 Å². The van der Waals surface area contributed by atoms with Crippen LogP contribution >= 0.6 is 0 Å². The first kappa shape index (κ1) is 14.0. The maximum Gasteiger partial charge on any atom is 0.254 e. The number of nitrogens with one attached hydrogen (secondary N) is 1. The number of carbonyl (C=O) groups excluding carboxylic acids is 1. The largest absolute Gasteiger partial charge is 0.393 e. The van der Waals surface area contributed by atoms with Gasteiger partial charge in [-0.05, 0) is 19.3 Å². The van der Waals surface area contributed by atoms with Crippen LogP contribution in [0.25, 0.3) is 0 Å². The van der Waals surface area contributed by atoms with Gasteiger partial charge in [-0.3, -0.25) is 4.79 Å². The average Bonchev–Trinajstić information content (AvgIpc) is 2.87. The van der Waals surface area contributed by atoms with Crippen molar-refractivity contribution in [1.29, 1.82) is 0 Å². The molecule has 0 spiro atoms. The van der Waals surface area contributed by atoms with Crippen molar-refractivity contribution >= 4 is 11.9 Å². The van der Waals surface area contributed by atoms with E-state index in [0.717, 1.165) is 0 Å². The summed E-state index contributed by atoms with van der Waals surface area (Å²) in [7, 11) is 0. The summed E-state index contributed by atoms with van der Waals surface area (Å²) in [4.78, 5) is 15.7. The van der Waals surface area contributed by atoms with Gasteiger partial charge in [0.15, 0.2) is 11.6 Å². The molecule has 0 bridgehead atoms. The number of aliphatic hydroxyl groups is 2. The van der Waals surface area contributed by atoms with E-state index >= 15 is 0 Å². The minimum Gasteiger partial charge on any atom is -0.393 e. The fourth-order valence-corrected chi connectivity index (χ4v) is 2.57. The van der Waals surface area contributed by atoms with Crippen LogP contribution in [0.5, 0.6) is 0 Å². The zero-order valence-electron chi connectivity index (χ0n) is 10.6. The van der Waals surface area contributed by atoms with Gasteiger partial charge < -0.3 is 32.7 Å². The molecule has 8 heteroatoms. The van der Waals surface area contributed by atoms with Gasteiger partial charge in [0.2, 0.25) is 0 Å². The summed E-state index contributed by atoms with van der Waals surface area (Å²) in [6, 6.07) is -0.952. The third kappa shape index (κ3) is 3.14. The van der Waals surface area contributed by atoms with Gasteiger partial charge in [-0.25, -0.2) is 4.99 Å². The van der Waals surface area contributed by atoms with Gasteiger partial charge in [-0.15, -0.1) is 0 Å². The highest BCUT2D eigenvalue weighted by Gasteiger charge is 2.60. The molecule has 0 aromatic heterocycles. The van der Waals surface area contributed by atoms with Crippen LogP contribution in [0, 0.1) is 0 Å². The molecule has 2 aliphatic rings. The highest BCUT2D eigenvalue weighted by molar-refractivity contribution is 5.90. The summed E-state index contributed by atoms with van der Waals surface area (Å²) in [5.41, 5.74) is 14.7. The molecule has 8 nitrogen and oxygen atoms in total. The molecule has 0 saturated heterocycles. The van der Waals surface area contributed by atoms with Gasteiger partial charge >= 0.3 is 0 Å². The first-order chi connectivity index (χ1) is 8.81. The van der Waals surface area contributed by atoms with E-state index < -0.39 is 23.7 Å². The molecular formula is C11H21N5O3. The van der Waals surface area contributed by atoms with Crippen molar-refractivity contribution in [2.45, 2.75) is 55.5 Å². The number of hydrogen-bond acceptors (Lipinski definition) is 5. The number of aliphatic imine (C=N–C) groups is 1. The molecule has 5 atom stereocenters. The maximum absolute atomic E-state index is 12.0. The summed E-state index contributed by atoms with van der Waals surface area (Å²) in [6.07, 6.45) is 1.26. The predicted molar refractivity (Wildman–Crippen MR) is 68.9 cm³/mol. The second-order valence-electron chi connectivity index (χ2n) is 5.49. The Labute approximate surface area is 111 Å². The summed E-state index contributed by atoms with van der Waals surface area (Å²) in [5.74, 6) is -0.655. The number of hydrogen-bond donors (Lipinski definition) is 6. The fourth-order valence-electron chi connectivity index (χ4n) is 2.57. The van der Waals surface area contributed by atoms with E-state index in [0.29, 0.717) is 19.3 Å². The molecule has 108 valence electrons. The third-order valence-corrected chi connectivity index (χ3v) is 3.65. The molecule has 0 aliphatic heterocycles. The minimum atomic E-state index is -1.53. The van der Waals surface area contributed by atoms with Crippen LogP contribution in [0.1, 0.15) is 25.7 Å². The molecule has 0 radical (unpaired) electrons. The Morgan fingerprint density at radius 2 is 2.00 bits per heavy atom. The molecule has 0 heterocycles. The lowest BCUT2D eigenvalue weighted by Gasteiger charge is -2.31. The number of amides is 1. The molecule has 2 saturated carbocycles. The van der Waals surface area contributed by atoms with E-state index in [4.69, 9.17) is 17.2 Å². The number of rotatable bonds is 3. The van der Waals surface area contributed by atoms with Gasteiger partial charge in [-0.2, -0.15) is 0 Å². The lowest BCUT2D eigenvalue weighted by molar-refractivity contribution is -0.132. The SMILES string of the molecule is NC(N)=NC1CC1(O)C(=O)NC1CC(N)CC(O)C1. The Bertz CT molecular complexity index is 388. The van der Waals surface area contributed by atoms with Crippen LogP contribution in [-0.2, 0) is 4.79 Å². The molecule has 2 fully saturated rings. The number of carbonyl (C=O) groups is 1. The smallest absolute Gasteiger partial charge is 0.254 e. The van der Waals surface area contributed by atoms with E-state index in [1.807, 2.05) is 0 Å². The van der Waals surface area contributed by atoms with Crippen LogP contribution in [0.3, 0.4) is 0 Å². The number of nitrogens with zero attached hydrogens (tertiary/aromatic N) is 1. The highest BCUT2D eigenvalue weighted by Crippen LogP contribution is 2.39. The molecule has 5 unspecified atom stereocenters. The van der Waals surface area contributed by atoms with Crippen molar-refractivity contribution in [3.05, 3.63) is 0 Å². The molecule has 0 aromatic rings. The Morgan fingerprint density at radius 3 is 2.58 bits per heavy atom. The van der Waals surface area contributed by atoms with Crippen LogP contribution in [0.4, 0.5) is 0 Å². The lowest BCUT2D eigenvalue weighted by atomic mass is 9.89. The maximum atomic E-state index is 12.0. The first-order valence-corrected chi connectivity index (χ1v) is 6.37. The lowest BCUT2D eigenvalue weighted by Crippen LogP contribution is -2.50. The minimum absolute atomic E-state index is 0.142. The van der Waals surface area contributed by atoms with E-state index in [1.54, 1.807) is 0 Å². The van der Waals surface area contributed by atoms with Gasteiger partial charge in [0.05, 0.1) is 12.1 Å². The van der Waals surface area contributed by atoms with E-state index in [-0.39, 0.29) is 24.5 Å². The monoisotopic (exact) mass is 271 g/mol. The highest BCUT2D eigenvalue weighted by atomic mass is 16.3. The molecule has 2 rings (SSSR count).